The van der Waals surface area contributed by atoms with Crippen molar-refractivity contribution in [1.82, 2.24) is 9.47 Å². The number of thiazole rings is 1. The number of halogens is 1. The number of likely N-dealkylation sites (tertiary alicyclic amines) is 1. The number of carbonyl (C=O) groups is 3. The van der Waals surface area contributed by atoms with Crippen LogP contribution in [0.15, 0.2) is 52.3 Å². The highest BCUT2D eigenvalue weighted by Gasteiger charge is 2.57. The minimum absolute atomic E-state index is 0.0490. The van der Waals surface area contributed by atoms with Gasteiger partial charge in [-0.05, 0) is 68.1 Å². The van der Waals surface area contributed by atoms with Gasteiger partial charge >= 0.3 is 4.87 Å². The van der Waals surface area contributed by atoms with Crippen molar-refractivity contribution in [3.8, 4) is 11.5 Å². The molecule has 1 aromatic heterocycles. The van der Waals surface area contributed by atoms with Crippen LogP contribution >= 0.6 is 34.7 Å². The topological polar surface area (TPSA) is 109 Å². The molecule has 3 amide bonds. The molecule has 1 N–H and O–H groups in total. The zero-order chi connectivity index (χ0) is 28.8. The molecule has 0 saturated carbocycles. The molecule has 4 heterocycles. The molecule has 0 spiro atoms. The summed E-state index contributed by atoms with van der Waals surface area (Å²) in [6.07, 6.45) is 2.95. The largest absolute Gasteiger partial charge is 0.504 e. The lowest BCUT2D eigenvalue weighted by Crippen LogP contribution is -2.39. The van der Waals surface area contributed by atoms with Crippen LogP contribution in [0.4, 0.5) is 5.69 Å². The monoisotopic (exact) mass is 613 g/mol. The number of phenols is 1. The van der Waals surface area contributed by atoms with E-state index in [0.29, 0.717) is 45.9 Å². The number of nitrogens with zero attached hydrogens (tertiary/aromatic N) is 3. The first-order valence-electron chi connectivity index (χ1n) is 13.6. The van der Waals surface area contributed by atoms with Crippen LogP contribution in [-0.2, 0) is 20.9 Å². The second-order valence-electron chi connectivity index (χ2n) is 10.3. The fourth-order valence-electron chi connectivity index (χ4n) is 5.83. The molecule has 3 aliphatic rings. The number of aromatic hydroxyl groups is 1. The van der Waals surface area contributed by atoms with E-state index in [2.05, 4.69) is 0 Å². The number of anilines is 1. The molecule has 12 heteroatoms. The van der Waals surface area contributed by atoms with Gasteiger partial charge in [0.15, 0.2) is 11.5 Å². The van der Waals surface area contributed by atoms with E-state index in [0.717, 1.165) is 30.6 Å². The molecule has 0 aliphatic carbocycles. The minimum atomic E-state index is -0.814. The summed E-state index contributed by atoms with van der Waals surface area (Å²) < 4.78 is 7.08. The molecule has 2 unspecified atom stereocenters. The number of ether oxygens (including phenoxy) is 1. The number of amides is 3. The summed E-state index contributed by atoms with van der Waals surface area (Å²) in [6, 6.07) is 11.4. The Bertz CT molecular complexity index is 1580. The quantitative estimate of drug-likeness (QED) is 0.409. The molecule has 3 aliphatic heterocycles. The van der Waals surface area contributed by atoms with E-state index >= 15 is 0 Å². The highest BCUT2D eigenvalue weighted by Crippen LogP contribution is 2.54. The Balaban J connectivity index is 1.45. The molecule has 3 atom stereocenters. The lowest BCUT2D eigenvalue weighted by atomic mass is 9.83. The standard InChI is InChI=1S/C29H28ClN3O6S2/c1-2-39-20-14-16(6-11-19(20)34)22-23-24(27(37)33(26(23)36)18-9-7-17(30)8-10-18)40-28-25(22)41-29(38)32(28)15-21(35)31-12-4-3-5-13-31/h6-11,14,22-24,34H,2-5,12-13,15H2,1H3/t22-,23?,24?/m0/s1. The minimum Gasteiger partial charge on any atom is -0.504 e. The number of benzene rings is 2. The number of thioether (sulfide) groups is 1. The molecule has 6 rings (SSSR count). The van der Waals surface area contributed by atoms with Gasteiger partial charge in [0.2, 0.25) is 17.7 Å². The average Bonchev–Trinajstić information content (AvgIpc) is 3.41. The van der Waals surface area contributed by atoms with Gasteiger partial charge in [0, 0.05) is 28.9 Å². The van der Waals surface area contributed by atoms with Gasteiger partial charge in [-0.2, -0.15) is 0 Å². The Morgan fingerprint density at radius 3 is 2.49 bits per heavy atom. The number of hydrogen-bond acceptors (Lipinski definition) is 8. The van der Waals surface area contributed by atoms with Gasteiger partial charge in [0.05, 0.1) is 23.2 Å². The van der Waals surface area contributed by atoms with Crippen LogP contribution < -0.4 is 14.5 Å². The first-order chi connectivity index (χ1) is 19.8. The fraction of sp³-hybridized carbons (Fsp3) is 0.379. The van der Waals surface area contributed by atoms with Crippen molar-refractivity contribution in [2.45, 2.75) is 48.9 Å². The van der Waals surface area contributed by atoms with E-state index in [1.165, 1.54) is 27.3 Å². The Morgan fingerprint density at radius 2 is 1.78 bits per heavy atom. The van der Waals surface area contributed by atoms with E-state index in [9.17, 15) is 24.3 Å². The van der Waals surface area contributed by atoms with Crippen molar-refractivity contribution in [3.05, 3.63) is 67.6 Å². The van der Waals surface area contributed by atoms with Gasteiger partial charge in [-0.25, -0.2) is 4.90 Å². The molecule has 3 aromatic rings. The van der Waals surface area contributed by atoms with Gasteiger partial charge in [0.25, 0.3) is 0 Å². The maximum absolute atomic E-state index is 14.0. The summed E-state index contributed by atoms with van der Waals surface area (Å²) in [5.41, 5.74) is 1.05. The molecule has 0 radical (unpaired) electrons. The highest BCUT2D eigenvalue weighted by molar-refractivity contribution is 8.00. The fourth-order valence-corrected chi connectivity index (χ4v) is 8.73. The normalized spacial score (nSPS) is 22.0. The lowest BCUT2D eigenvalue weighted by molar-refractivity contribution is -0.133. The van der Waals surface area contributed by atoms with E-state index in [1.807, 2.05) is 0 Å². The first-order valence-corrected chi connectivity index (χ1v) is 15.6. The van der Waals surface area contributed by atoms with Crippen molar-refractivity contribution in [2.24, 2.45) is 5.92 Å². The summed E-state index contributed by atoms with van der Waals surface area (Å²) in [5, 5.41) is 10.6. The number of piperidine rings is 1. The van der Waals surface area contributed by atoms with Gasteiger partial charge in [0.1, 0.15) is 11.8 Å². The third kappa shape index (κ3) is 4.93. The molecule has 0 bridgehead atoms. The molecule has 9 nitrogen and oxygen atoms in total. The van der Waals surface area contributed by atoms with Crippen LogP contribution in [0.25, 0.3) is 0 Å². The third-order valence-electron chi connectivity index (χ3n) is 7.78. The van der Waals surface area contributed by atoms with Crippen LogP contribution in [0.2, 0.25) is 5.02 Å². The average molecular weight is 614 g/mol. The van der Waals surface area contributed by atoms with Gasteiger partial charge in [-0.1, -0.05) is 40.8 Å². The Hall–Kier alpha value is -3.28. The summed E-state index contributed by atoms with van der Waals surface area (Å²) in [4.78, 5) is 57.7. The summed E-state index contributed by atoms with van der Waals surface area (Å²) >= 11 is 8.23. The first kappa shape index (κ1) is 27.9. The molecule has 2 aromatic carbocycles. The molecule has 2 fully saturated rings. The summed E-state index contributed by atoms with van der Waals surface area (Å²) in [7, 11) is 0. The van der Waals surface area contributed by atoms with E-state index in [4.69, 9.17) is 16.3 Å². The molecular weight excluding hydrogens is 586 g/mol. The van der Waals surface area contributed by atoms with E-state index < -0.39 is 17.1 Å². The van der Waals surface area contributed by atoms with Crippen molar-refractivity contribution in [3.63, 3.8) is 0 Å². The van der Waals surface area contributed by atoms with Gasteiger partial charge < -0.3 is 14.7 Å². The summed E-state index contributed by atoms with van der Waals surface area (Å²) in [6.45, 7) is 3.32. The molecule has 2 saturated heterocycles. The van der Waals surface area contributed by atoms with E-state index in [-0.39, 0.29) is 40.6 Å². The summed E-state index contributed by atoms with van der Waals surface area (Å²) in [5.74, 6) is -2.17. The van der Waals surface area contributed by atoms with Crippen LogP contribution in [0.1, 0.15) is 42.5 Å². The SMILES string of the molecule is CCOc1cc([C@@H]2c3sc(=O)n(CC(=O)N4CCCCC4)c3SC3C(=O)N(c4ccc(Cl)cc4)C(=O)C32)ccc1O. The van der Waals surface area contributed by atoms with Crippen molar-refractivity contribution in [1.29, 1.82) is 0 Å². The number of aromatic nitrogens is 1. The Morgan fingerprint density at radius 1 is 1.05 bits per heavy atom. The lowest BCUT2D eigenvalue weighted by Gasteiger charge is -2.31. The van der Waals surface area contributed by atoms with Gasteiger partial charge in [-0.3, -0.25) is 23.7 Å². The van der Waals surface area contributed by atoms with Crippen LogP contribution in [0.5, 0.6) is 11.5 Å². The van der Waals surface area contributed by atoms with Crippen LogP contribution in [0, 0.1) is 5.92 Å². The predicted octanol–water partition coefficient (Wildman–Crippen LogP) is 4.48. The van der Waals surface area contributed by atoms with Gasteiger partial charge in [-0.15, -0.1) is 0 Å². The van der Waals surface area contributed by atoms with Crippen molar-refractivity contribution >= 4 is 58.1 Å². The maximum Gasteiger partial charge on any atom is 0.308 e. The van der Waals surface area contributed by atoms with Crippen LogP contribution in [0.3, 0.4) is 0 Å². The van der Waals surface area contributed by atoms with Crippen molar-refractivity contribution < 1.29 is 24.2 Å². The number of carbonyl (C=O) groups excluding carboxylic acids is 3. The Labute approximate surface area is 249 Å². The smallest absolute Gasteiger partial charge is 0.308 e. The number of hydrogen-bond donors (Lipinski definition) is 1. The second-order valence-corrected chi connectivity index (χ2v) is 12.8. The maximum atomic E-state index is 14.0. The molecule has 41 heavy (non-hydrogen) atoms. The Kier molecular flexibility index (Phi) is 7.60. The number of fused-ring (bicyclic) bond motifs is 2. The molecular formula is C29H28ClN3O6S2. The molecule has 214 valence electrons. The number of rotatable bonds is 6. The zero-order valence-corrected chi connectivity index (χ0v) is 24.6. The van der Waals surface area contributed by atoms with Crippen molar-refractivity contribution in [2.75, 3.05) is 24.6 Å². The predicted molar refractivity (Wildman–Crippen MR) is 157 cm³/mol. The van der Waals surface area contributed by atoms with Crippen LogP contribution in [-0.4, -0.2) is 57.2 Å². The second kappa shape index (κ2) is 11.2. The number of phenolic OH excluding ortho intramolecular Hbond substituents is 1. The van der Waals surface area contributed by atoms with E-state index in [1.54, 1.807) is 48.2 Å². The number of imide groups is 1. The highest BCUT2D eigenvalue weighted by atomic mass is 35.5. The third-order valence-corrected chi connectivity index (χ3v) is 10.6. The zero-order valence-electron chi connectivity index (χ0n) is 22.2.